The lowest BCUT2D eigenvalue weighted by atomic mass is 10.1. The van der Waals surface area contributed by atoms with Crippen LogP contribution in [-0.2, 0) is 0 Å². The second kappa shape index (κ2) is 6.12. The first kappa shape index (κ1) is 14.4. The standard InChI is InChI=1S/C17H18N4OS/c22-17(18-8-11-3-1-2-4-11)16-13(9-20-21-16)12-5-6-14-15(7-12)23-10-19-14/h5-7,9-11H,1-4,8H2,(H,18,22)(H,20,21). The third-order valence-corrected chi connectivity index (χ3v) is 5.33. The van der Waals surface area contributed by atoms with Gasteiger partial charge in [-0.25, -0.2) is 4.98 Å². The average Bonchev–Trinajstić information content (AvgIpc) is 3.32. The quantitative estimate of drug-likeness (QED) is 0.769. The van der Waals surface area contributed by atoms with Crippen molar-refractivity contribution in [2.24, 2.45) is 5.92 Å². The Balaban J connectivity index is 1.55. The average molecular weight is 326 g/mol. The van der Waals surface area contributed by atoms with Crippen LogP contribution in [0.15, 0.2) is 29.9 Å². The molecule has 1 aliphatic rings. The van der Waals surface area contributed by atoms with Crippen LogP contribution in [0.1, 0.15) is 36.2 Å². The second-order valence-corrected chi connectivity index (χ2v) is 6.94. The largest absolute Gasteiger partial charge is 0.350 e. The summed E-state index contributed by atoms with van der Waals surface area (Å²) in [4.78, 5) is 16.8. The minimum atomic E-state index is -0.0752. The molecule has 0 saturated heterocycles. The molecule has 0 unspecified atom stereocenters. The summed E-state index contributed by atoms with van der Waals surface area (Å²) in [5.41, 5.74) is 5.17. The fourth-order valence-corrected chi connectivity index (χ4v) is 3.96. The first-order chi connectivity index (χ1) is 11.3. The first-order valence-corrected chi connectivity index (χ1v) is 8.84. The van der Waals surface area contributed by atoms with Crippen molar-refractivity contribution in [3.05, 3.63) is 35.6 Å². The van der Waals surface area contributed by atoms with E-state index < -0.39 is 0 Å². The molecule has 4 rings (SSSR count). The molecule has 2 aromatic heterocycles. The number of nitrogens with one attached hydrogen (secondary N) is 2. The van der Waals surface area contributed by atoms with Crippen molar-refractivity contribution in [2.75, 3.05) is 6.54 Å². The van der Waals surface area contributed by atoms with Gasteiger partial charge in [0, 0.05) is 12.1 Å². The van der Waals surface area contributed by atoms with E-state index >= 15 is 0 Å². The highest BCUT2D eigenvalue weighted by atomic mass is 32.1. The van der Waals surface area contributed by atoms with Gasteiger partial charge in [-0.3, -0.25) is 9.89 Å². The van der Waals surface area contributed by atoms with Gasteiger partial charge < -0.3 is 5.32 Å². The maximum atomic E-state index is 12.5. The summed E-state index contributed by atoms with van der Waals surface area (Å²) in [6, 6.07) is 6.03. The fourth-order valence-electron chi connectivity index (χ4n) is 3.24. The number of aromatic amines is 1. The molecule has 23 heavy (non-hydrogen) atoms. The number of rotatable bonds is 4. The van der Waals surface area contributed by atoms with E-state index in [1.807, 2.05) is 17.6 Å². The minimum Gasteiger partial charge on any atom is -0.350 e. The molecular weight excluding hydrogens is 308 g/mol. The van der Waals surface area contributed by atoms with Crippen molar-refractivity contribution in [3.8, 4) is 11.1 Å². The van der Waals surface area contributed by atoms with Gasteiger partial charge in [-0.1, -0.05) is 18.9 Å². The zero-order valence-electron chi connectivity index (χ0n) is 12.7. The van der Waals surface area contributed by atoms with Gasteiger partial charge in [0.2, 0.25) is 0 Å². The Kier molecular flexibility index (Phi) is 3.83. The lowest BCUT2D eigenvalue weighted by molar-refractivity contribution is 0.0943. The lowest BCUT2D eigenvalue weighted by Gasteiger charge is -2.10. The predicted octanol–water partition coefficient (Wildman–Crippen LogP) is 3.61. The fraction of sp³-hybridized carbons (Fsp3) is 0.353. The van der Waals surface area contributed by atoms with Crippen molar-refractivity contribution in [2.45, 2.75) is 25.7 Å². The summed E-state index contributed by atoms with van der Waals surface area (Å²) in [6.07, 6.45) is 6.72. The van der Waals surface area contributed by atoms with Gasteiger partial charge in [-0.15, -0.1) is 11.3 Å². The number of hydrogen-bond acceptors (Lipinski definition) is 4. The van der Waals surface area contributed by atoms with Crippen LogP contribution in [0.5, 0.6) is 0 Å². The molecule has 1 amide bonds. The Morgan fingerprint density at radius 2 is 2.22 bits per heavy atom. The van der Waals surface area contributed by atoms with Crippen LogP contribution in [0, 0.1) is 5.92 Å². The molecular formula is C17H18N4OS. The Hall–Kier alpha value is -2.21. The molecule has 6 heteroatoms. The number of H-pyrrole nitrogens is 1. The van der Waals surface area contributed by atoms with Gasteiger partial charge in [0.15, 0.2) is 0 Å². The number of carbonyl (C=O) groups is 1. The highest BCUT2D eigenvalue weighted by Gasteiger charge is 2.19. The summed E-state index contributed by atoms with van der Waals surface area (Å²) in [5, 5.41) is 9.97. The number of thiazole rings is 1. The van der Waals surface area contributed by atoms with Crippen molar-refractivity contribution < 1.29 is 4.79 Å². The molecule has 1 aliphatic carbocycles. The molecule has 0 bridgehead atoms. The summed E-state index contributed by atoms with van der Waals surface area (Å²) in [7, 11) is 0. The molecule has 118 valence electrons. The zero-order chi connectivity index (χ0) is 15.6. The number of hydrogen-bond donors (Lipinski definition) is 2. The smallest absolute Gasteiger partial charge is 0.269 e. The van der Waals surface area contributed by atoms with Crippen LogP contribution < -0.4 is 5.32 Å². The minimum absolute atomic E-state index is 0.0752. The summed E-state index contributed by atoms with van der Waals surface area (Å²) < 4.78 is 1.11. The highest BCUT2D eigenvalue weighted by Crippen LogP contribution is 2.28. The summed E-state index contributed by atoms with van der Waals surface area (Å²) in [5.74, 6) is 0.549. The first-order valence-electron chi connectivity index (χ1n) is 7.96. The zero-order valence-corrected chi connectivity index (χ0v) is 13.5. The Bertz CT molecular complexity index is 832. The highest BCUT2D eigenvalue weighted by molar-refractivity contribution is 7.16. The van der Waals surface area contributed by atoms with Crippen molar-refractivity contribution in [3.63, 3.8) is 0 Å². The van der Waals surface area contributed by atoms with Gasteiger partial charge in [0.25, 0.3) is 5.91 Å². The summed E-state index contributed by atoms with van der Waals surface area (Å²) >= 11 is 1.60. The second-order valence-electron chi connectivity index (χ2n) is 6.05. The van der Waals surface area contributed by atoms with E-state index in [4.69, 9.17) is 0 Å². The van der Waals surface area contributed by atoms with Gasteiger partial charge in [0.1, 0.15) is 5.69 Å². The molecule has 1 aromatic carbocycles. The van der Waals surface area contributed by atoms with E-state index in [2.05, 4.69) is 26.6 Å². The van der Waals surface area contributed by atoms with Gasteiger partial charge in [-0.05, 0) is 36.5 Å². The van der Waals surface area contributed by atoms with Crippen LogP contribution in [0.4, 0.5) is 0 Å². The van der Waals surface area contributed by atoms with Gasteiger partial charge in [-0.2, -0.15) is 5.10 Å². The molecule has 1 fully saturated rings. The van der Waals surface area contributed by atoms with Crippen LogP contribution >= 0.6 is 11.3 Å². The molecule has 5 nitrogen and oxygen atoms in total. The van der Waals surface area contributed by atoms with Crippen LogP contribution in [0.3, 0.4) is 0 Å². The monoisotopic (exact) mass is 326 g/mol. The molecule has 0 aliphatic heterocycles. The van der Waals surface area contributed by atoms with E-state index in [1.54, 1.807) is 17.5 Å². The third kappa shape index (κ3) is 2.86. The predicted molar refractivity (Wildman–Crippen MR) is 91.5 cm³/mol. The number of amides is 1. The maximum Gasteiger partial charge on any atom is 0.269 e. The topological polar surface area (TPSA) is 70.7 Å². The Morgan fingerprint density at radius 1 is 1.35 bits per heavy atom. The number of nitrogens with zero attached hydrogens (tertiary/aromatic N) is 2. The normalized spacial score (nSPS) is 15.3. The number of fused-ring (bicyclic) bond motifs is 1. The van der Waals surface area contributed by atoms with Crippen LogP contribution in [-0.4, -0.2) is 27.6 Å². The van der Waals surface area contributed by atoms with Crippen molar-refractivity contribution >= 4 is 27.5 Å². The number of aromatic nitrogens is 3. The van der Waals surface area contributed by atoms with E-state index in [1.165, 1.54) is 25.7 Å². The maximum absolute atomic E-state index is 12.5. The van der Waals surface area contributed by atoms with Gasteiger partial charge >= 0.3 is 0 Å². The van der Waals surface area contributed by atoms with Crippen molar-refractivity contribution in [1.29, 1.82) is 0 Å². The summed E-state index contributed by atoms with van der Waals surface area (Å²) in [6.45, 7) is 0.755. The number of benzene rings is 1. The molecule has 2 heterocycles. The lowest BCUT2D eigenvalue weighted by Crippen LogP contribution is -2.29. The van der Waals surface area contributed by atoms with Crippen LogP contribution in [0.25, 0.3) is 21.3 Å². The molecule has 0 radical (unpaired) electrons. The van der Waals surface area contributed by atoms with E-state index in [0.29, 0.717) is 11.6 Å². The molecule has 1 saturated carbocycles. The molecule has 2 N–H and O–H groups in total. The molecule has 0 atom stereocenters. The van der Waals surface area contributed by atoms with E-state index in [-0.39, 0.29) is 5.91 Å². The van der Waals surface area contributed by atoms with E-state index in [0.717, 1.165) is 27.9 Å². The van der Waals surface area contributed by atoms with Gasteiger partial charge in [0.05, 0.1) is 21.9 Å². The molecule has 0 spiro atoms. The molecule has 3 aromatic rings. The number of carbonyl (C=O) groups excluding carboxylic acids is 1. The Morgan fingerprint density at radius 3 is 3.09 bits per heavy atom. The Labute approximate surface area is 138 Å². The van der Waals surface area contributed by atoms with Crippen molar-refractivity contribution in [1.82, 2.24) is 20.5 Å². The van der Waals surface area contributed by atoms with Crippen LogP contribution in [0.2, 0.25) is 0 Å². The third-order valence-electron chi connectivity index (χ3n) is 4.53. The van der Waals surface area contributed by atoms with E-state index in [9.17, 15) is 4.79 Å². The SMILES string of the molecule is O=C(NCC1CCCC1)c1[nH]ncc1-c1ccc2ncsc2c1.